The average Bonchev–Trinajstić information content (AvgIpc) is 3.22. The van der Waals surface area contributed by atoms with Crippen molar-refractivity contribution in [2.24, 2.45) is 0 Å². The lowest BCUT2D eigenvalue weighted by atomic mass is 10.1. The molecule has 0 radical (unpaired) electrons. The minimum Gasteiger partial charge on any atom is -0.454 e. The van der Waals surface area contributed by atoms with Crippen LogP contribution in [0.3, 0.4) is 0 Å². The van der Waals surface area contributed by atoms with E-state index in [2.05, 4.69) is 6.92 Å². The van der Waals surface area contributed by atoms with Gasteiger partial charge in [-0.3, -0.25) is 4.79 Å². The first-order chi connectivity index (χ1) is 14.0. The Morgan fingerprint density at radius 1 is 0.966 bits per heavy atom. The maximum absolute atomic E-state index is 12.9. The van der Waals surface area contributed by atoms with Gasteiger partial charge in [-0.05, 0) is 42.3 Å². The molecule has 0 saturated carbocycles. The molecule has 0 bridgehead atoms. The van der Waals surface area contributed by atoms with Crippen LogP contribution in [0.4, 0.5) is 0 Å². The van der Waals surface area contributed by atoms with E-state index in [-0.39, 0.29) is 25.8 Å². The SMILES string of the molecule is CCCc1ccc(S(=O)(=O)N2CCN(C(=O)c3ccc4c(c3)OCO4)CC2)cc1. The molecule has 1 amide bonds. The molecule has 29 heavy (non-hydrogen) atoms. The van der Waals surface area contributed by atoms with Crippen LogP contribution in [0.2, 0.25) is 0 Å². The summed E-state index contributed by atoms with van der Waals surface area (Å²) in [5.41, 5.74) is 1.64. The number of benzene rings is 2. The maximum Gasteiger partial charge on any atom is 0.254 e. The van der Waals surface area contributed by atoms with E-state index < -0.39 is 10.0 Å². The Bertz CT molecular complexity index is 996. The summed E-state index contributed by atoms with van der Waals surface area (Å²) in [6, 6.07) is 12.2. The number of nitrogens with zero attached hydrogens (tertiary/aromatic N) is 2. The molecule has 154 valence electrons. The fraction of sp³-hybridized carbons (Fsp3) is 0.381. The van der Waals surface area contributed by atoms with Crippen LogP contribution in [0.1, 0.15) is 29.3 Å². The van der Waals surface area contributed by atoms with Gasteiger partial charge in [-0.1, -0.05) is 25.5 Å². The van der Waals surface area contributed by atoms with E-state index >= 15 is 0 Å². The van der Waals surface area contributed by atoms with Gasteiger partial charge in [0.1, 0.15) is 0 Å². The minimum absolute atomic E-state index is 0.135. The van der Waals surface area contributed by atoms with Crippen molar-refractivity contribution < 1.29 is 22.7 Å². The number of carbonyl (C=O) groups is 1. The van der Waals surface area contributed by atoms with E-state index in [1.165, 1.54) is 4.31 Å². The van der Waals surface area contributed by atoms with Crippen molar-refractivity contribution in [2.45, 2.75) is 24.7 Å². The molecule has 0 spiro atoms. The van der Waals surface area contributed by atoms with E-state index in [4.69, 9.17) is 9.47 Å². The minimum atomic E-state index is -3.56. The fourth-order valence-electron chi connectivity index (χ4n) is 3.61. The number of piperazine rings is 1. The van der Waals surface area contributed by atoms with E-state index in [0.717, 1.165) is 18.4 Å². The summed E-state index contributed by atoms with van der Waals surface area (Å²) in [6.45, 7) is 3.49. The standard InChI is InChI=1S/C21H24N2O5S/c1-2-3-16-4-7-18(8-5-16)29(25,26)23-12-10-22(11-13-23)21(24)17-6-9-19-20(14-17)28-15-27-19/h4-9,14H,2-3,10-13,15H2,1H3. The van der Waals surface area contributed by atoms with Gasteiger partial charge >= 0.3 is 0 Å². The zero-order chi connectivity index (χ0) is 20.4. The molecule has 0 atom stereocenters. The molecule has 0 unspecified atom stereocenters. The Kier molecular flexibility index (Phi) is 5.47. The second-order valence-electron chi connectivity index (χ2n) is 7.16. The van der Waals surface area contributed by atoms with Gasteiger partial charge in [0.05, 0.1) is 4.90 Å². The molecular formula is C21H24N2O5S. The molecule has 2 aliphatic rings. The molecule has 7 nitrogen and oxygen atoms in total. The van der Waals surface area contributed by atoms with Gasteiger partial charge in [0.2, 0.25) is 16.8 Å². The summed E-state index contributed by atoms with van der Waals surface area (Å²) < 4.78 is 37.9. The highest BCUT2D eigenvalue weighted by molar-refractivity contribution is 7.89. The normalized spacial score (nSPS) is 16.8. The third-order valence-electron chi connectivity index (χ3n) is 5.25. The number of hydrogen-bond donors (Lipinski definition) is 0. The summed E-state index contributed by atoms with van der Waals surface area (Å²) in [7, 11) is -3.56. The summed E-state index contributed by atoms with van der Waals surface area (Å²) in [6.07, 6.45) is 1.95. The van der Waals surface area contributed by atoms with E-state index in [0.29, 0.717) is 35.0 Å². The van der Waals surface area contributed by atoms with Gasteiger partial charge < -0.3 is 14.4 Å². The molecule has 8 heteroatoms. The molecule has 0 aliphatic carbocycles. The monoisotopic (exact) mass is 416 g/mol. The molecule has 1 fully saturated rings. The number of amides is 1. The van der Waals surface area contributed by atoms with Crippen molar-refractivity contribution in [1.29, 1.82) is 0 Å². The van der Waals surface area contributed by atoms with Crippen molar-refractivity contribution >= 4 is 15.9 Å². The number of rotatable bonds is 5. The molecule has 2 aromatic rings. The first kappa shape index (κ1) is 19.7. The molecule has 4 rings (SSSR count). The zero-order valence-electron chi connectivity index (χ0n) is 16.3. The van der Waals surface area contributed by atoms with Crippen molar-refractivity contribution in [2.75, 3.05) is 33.0 Å². The Labute approximate surface area is 170 Å². The smallest absolute Gasteiger partial charge is 0.254 e. The molecule has 1 saturated heterocycles. The number of fused-ring (bicyclic) bond motifs is 1. The highest BCUT2D eigenvalue weighted by Crippen LogP contribution is 2.33. The second-order valence-corrected chi connectivity index (χ2v) is 9.10. The van der Waals surface area contributed by atoms with Gasteiger partial charge in [-0.15, -0.1) is 0 Å². The summed E-state index contributed by atoms with van der Waals surface area (Å²) >= 11 is 0. The number of hydrogen-bond acceptors (Lipinski definition) is 5. The van der Waals surface area contributed by atoms with E-state index in [1.54, 1.807) is 35.2 Å². The van der Waals surface area contributed by atoms with Crippen LogP contribution in [0.5, 0.6) is 11.5 Å². The van der Waals surface area contributed by atoms with Gasteiger partial charge in [0.15, 0.2) is 11.5 Å². The molecule has 2 aromatic carbocycles. The fourth-order valence-corrected chi connectivity index (χ4v) is 5.03. The van der Waals surface area contributed by atoms with Crippen LogP contribution < -0.4 is 9.47 Å². The Morgan fingerprint density at radius 3 is 2.34 bits per heavy atom. The third-order valence-corrected chi connectivity index (χ3v) is 7.16. The number of sulfonamides is 1. The topological polar surface area (TPSA) is 76.2 Å². The van der Waals surface area contributed by atoms with Crippen molar-refractivity contribution in [3.8, 4) is 11.5 Å². The summed E-state index contributed by atoms with van der Waals surface area (Å²) in [5.74, 6) is 1.05. The highest BCUT2D eigenvalue weighted by atomic mass is 32.2. The molecule has 0 aromatic heterocycles. The molecule has 2 heterocycles. The maximum atomic E-state index is 12.9. The van der Waals surface area contributed by atoms with Crippen molar-refractivity contribution in [3.05, 3.63) is 53.6 Å². The predicted octanol–water partition coefficient (Wildman–Crippen LogP) is 2.51. The van der Waals surface area contributed by atoms with Crippen LogP contribution in [0.25, 0.3) is 0 Å². The van der Waals surface area contributed by atoms with Crippen LogP contribution >= 0.6 is 0 Å². The quantitative estimate of drug-likeness (QED) is 0.749. The number of aryl methyl sites for hydroxylation is 1. The van der Waals surface area contributed by atoms with Crippen LogP contribution in [-0.4, -0.2) is 56.5 Å². The Balaban J connectivity index is 1.41. The lowest BCUT2D eigenvalue weighted by Gasteiger charge is -2.34. The Morgan fingerprint density at radius 2 is 1.66 bits per heavy atom. The van der Waals surface area contributed by atoms with Gasteiger partial charge in [-0.25, -0.2) is 8.42 Å². The number of ether oxygens (including phenoxy) is 2. The molecular weight excluding hydrogens is 392 g/mol. The van der Waals surface area contributed by atoms with Gasteiger partial charge in [0, 0.05) is 31.7 Å². The lowest BCUT2D eigenvalue weighted by molar-refractivity contribution is 0.0697. The van der Waals surface area contributed by atoms with Crippen LogP contribution in [0.15, 0.2) is 47.4 Å². The zero-order valence-corrected chi connectivity index (χ0v) is 17.2. The first-order valence-corrected chi connectivity index (χ1v) is 11.2. The predicted molar refractivity (Wildman–Crippen MR) is 108 cm³/mol. The number of carbonyl (C=O) groups excluding carboxylic acids is 1. The Hall–Kier alpha value is -2.58. The summed E-state index contributed by atoms with van der Waals surface area (Å²) in [4.78, 5) is 14.8. The third kappa shape index (κ3) is 3.95. The van der Waals surface area contributed by atoms with Crippen LogP contribution in [0, 0.1) is 0 Å². The second kappa shape index (κ2) is 8.04. The van der Waals surface area contributed by atoms with E-state index in [1.807, 2.05) is 12.1 Å². The van der Waals surface area contributed by atoms with E-state index in [9.17, 15) is 13.2 Å². The summed E-state index contributed by atoms with van der Waals surface area (Å²) in [5, 5.41) is 0. The van der Waals surface area contributed by atoms with Crippen molar-refractivity contribution in [1.82, 2.24) is 9.21 Å². The highest BCUT2D eigenvalue weighted by Gasteiger charge is 2.31. The average molecular weight is 416 g/mol. The lowest BCUT2D eigenvalue weighted by Crippen LogP contribution is -2.50. The van der Waals surface area contributed by atoms with Crippen molar-refractivity contribution in [3.63, 3.8) is 0 Å². The first-order valence-electron chi connectivity index (χ1n) is 9.77. The molecule has 0 N–H and O–H groups in total. The molecule has 2 aliphatic heterocycles. The van der Waals surface area contributed by atoms with Crippen LogP contribution in [-0.2, 0) is 16.4 Å². The van der Waals surface area contributed by atoms with Gasteiger partial charge in [0.25, 0.3) is 5.91 Å². The largest absolute Gasteiger partial charge is 0.454 e. The van der Waals surface area contributed by atoms with Gasteiger partial charge in [-0.2, -0.15) is 4.31 Å².